The van der Waals surface area contributed by atoms with Gasteiger partial charge < -0.3 is 34.2 Å². The van der Waals surface area contributed by atoms with Crippen molar-refractivity contribution in [3.8, 4) is 11.5 Å². The molecule has 2 N–H and O–H groups in total. The van der Waals surface area contributed by atoms with Gasteiger partial charge in [-0.15, -0.1) is 0 Å². The molecule has 1 aromatic carbocycles. The topological polar surface area (TPSA) is 150 Å². The van der Waals surface area contributed by atoms with Gasteiger partial charge in [-0.25, -0.2) is 9.59 Å². The quantitative estimate of drug-likeness (QED) is 0.208. The van der Waals surface area contributed by atoms with Gasteiger partial charge in [-0.3, -0.25) is 9.59 Å². The molecule has 0 aliphatic rings. The van der Waals surface area contributed by atoms with Gasteiger partial charge in [0.05, 0.1) is 0 Å². The summed E-state index contributed by atoms with van der Waals surface area (Å²) in [7, 11) is 0. The molecule has 0 amide bonds. The highest BCUT2D eigenvalue weighted by Gasteiger charge is 2.22. The SMILES string of the molecule is CCCC(=O)O[C@@H](C)COC(=O)[C@@H](N)Cc1ccc(OC(=O)OC(C)CC)c(OC(=O)OC(C)CC)c1. The van der Waals surface area contributed by atoms with E-state index < -0.39 is 30.4 Å². The van der Waals surface area contributed by atoms with Gasteiger partial charge in [0, 0.05) is 6.42 Å². The molecule has 0 saturated carbocycles. The molecule has 1 aromatic rings. The fourth-order valence-corrected chi connectivity index (χ4v) is 2.73. The molecule has 0 saturated heterocycles. The van der Waals surface area contributed by atoms with E-state index in [-0.39, 0.29) is 49.1 Å². The molecule has 0 fully saturated rings. The molecule has 0 aromatic heterocycles. The van der Waals surface area contributed by atoms with Gasteiger partial charge in [0.15, 0.2) is 11.5 Å². The van der Waals surface area contributed by atoms with Crippen molar-refractivity contribution in [1.82, 2.24) is 0 Å². The van der Waals surface area contributed by atoms with Crippen molar-refractivity contribution in [3.05, 3.63) is 23.8 Å². The van der Waals surface area contributed by atoms with E-state index in [4.69, 9.17) is 34.2 Å². The molecule has 0 aliphatic heterocycles. The van der Waals surface area contributed by atoms with E-state index in [9.17, 15) is 19.2 Å². The van der Waals surface area contributed by atoms with Gasteiger partial charge in [0.2, 0.25) is 0 Å². The molecule has 0 radical (unpaired) electrons. The van der Waals surface area contributed by atoms with E-state index in [0.29, 0.717) is 24.8 Å². The zero-order valence-electron chi connectivity index (χ0n) is 22.4. The van der Waals surface area contributed by atoms with E-state index in [1.165, 1.54) is 12.1 Å². The second-order valence-corrected chi connectivity index (χ2v) is 8.65. The van der Waals surface area contributed by atoms with Gasteiger partial charge in [-0.2, -0.15) is 0 Å². The summed E-state index contributed by atoms with van der Waals surface area (Å²) >= 11 is 0. The first kappa shape index (κ1) is 31.7. The first-order valence-electron chi connectivity index (χ1n) is 12.5. The number of esters is 2. The molecule has 2 unspecified atom stereocenters. The number of hydrogen-bond acceptors (Lipinski definition) is 11. The van der Waals surface area contributed by atoms with Crippen LogP contribution < -0.4 is 15.2 Å². The molecule has 0 spiro atoms. The molecule has 37 heavy (non-hydrogen) atoms. The van der Waals surface area contributed by atoms with Gasteiger partial charge >= 0.3 is 24.2 Å². The largest absolute Gasteiger partial charge is 0.514 e. The lowest BCUT2D eigenvalue weighted by Crippen LogP contribution is -2.36. The maximum absolute atomic E-state index is 12.3. The molecule has 0 aliphatic carbocycles. The third-order valence-corrected chi connectivity index (χ3v) is 5.14. The Balaban J connectivity index is 2.90. The van der Waals surface area contributed by atoms with E-state index in [1.54, 1.807) is 26.8 Å². The molecule has 11 nitrogen and oxygen atoms in total. The minimum Gasteiger partial charge on any atom is -0.461 e. The smallest absolute Gasteiger partial charge is 0.461 e. The summed E-state index contributed by atoms with van der Waals surface area (Å²) in [6.45, 7) is 10.4. The summed E-state index contributed by atoms with van der Waals surface area (Å²) in [4.78, 5) is 48.2. The number of nitrogens with two attached hydrogens (primary N) is 1. The van der Waals surface area contributed by atoms with Crippen LogP contribution in [-0.4, -0.2) is 55.2 Å². The Morgan fingerprint density at radius 3 is 1.92 bits per heavy atom. The van der Waals surface area contributed by atoms with Crippen molar-refractivity contribution in [2.75, 3.05) is 6.61 Å². The van der Waals surface area contributed by atoms with Crippen LogP contribution in [0.1, 0.15) is 72.8 Å². The fraction of sp³-hybridized carbons (Fsp3) is 0.615. The highest BCUT2D eigenvalue weighted by Crippen LogP contribution is 2.30. The summed E-state index contributed by atoms with van der Waals surface area (Å²) in [5.41, 5.74) is 6.49. The lowest BCUT2D eigenvalue weighted by atomic mass is 10.1. The lowest BCUT2D eigenvalue weighted by Gasteiger charge is -2.17. The monoisotopic (exact) mass is 525 g/mol. The van der Waals surface area contributed by atoms with Gasteiger partial charge in [0.1, 0.15) is 31.0 Å². The summed E-state index contributed by atoms with van der Waals surface area (Å²) < 4.78 is 31.0. The highest BCUT2D eigenvalue weighted by molar-refractivity contribution is 5.76. The molecule has 11 heteroatoms. The Morgan fingerprint density at radius 2 is 1.38 bits per heavy atom. The number of carbonyl (C=O) groups excluding carboxylic acids is 4. The Hall–Kier alpha value is -3.34. The second kappa shape index (κ2) is 16.4. The van der Waals surface area contributed by atoms with Crippen molar-refractivity contribution in [3.63, 3.8) is 0 Å². The number of rotatable bonds is 14. The average Bonchev–Trinajstić information content (AvgIpc) is 2.83. The Kier molecular flexibility index (Phi) is 14.1. The van der Waals surface area contributed by atoms with Gasteiger partial charge in [-0.05, 0) is 64.2 Å². The average molecular weight is 526 g/mol. The van der Waals surface area contributed by atoms with Crippen LogP contribution >= 0.6 is 0 Å². The van der Waals surface area contributed by atoms with Crippen LogP contribution in [0.2, 0.25) is 0 Å². The number of hydrogen-bond donors (Lipinski definition) is 1. The van der Waals surface area contributed by atoms with Crippen molar-refractivity contribution in [2.45, 2.75) is 98.0 Å². The molecule has 0 heterocycles. The summed E-state index contributed by atoms with van der Waals surface area (Å²) in [5.74, 6) is -1.25. The van der Waals surface area contributed by atoms with Crippen molar-refractivity contribution in [1.29, 1.82) is 0 Å². The molecule has 4 atom stereocenters. The summed E-state index contributed by atoms with van der Waals surface area (Å²) in [5, 5.41) is 0. The first-order valence-corrected chi connectivity index (χ1v) is 12.5. The summed E-state index contributed by atoms with van der Waals surface area (Å²) in [6.07, 6.45) is -1.19. The number of ether oxygens (including phenoxy) is 6. The predicted octanol–water partition coefficient (Wildman–Crippen LogP) is 4.46. The van der Waals surface area contributed by atoms with Crippen LogP contribution in [0.3, 0.4) is 0 Å². The predicted molar refractivity (Wildman–Crippen MR) is 133 cm³/mol. The van der Waals surface area contributed by atoms with Crippen molar-refractivity contribution < 1.29 is 47.6 Å². The third kappa shape index (κ3) is 12.4. The van der Waals surface area contributed by atoms with E-state index in [0.717, 1.165) is 0 Å². The van der Waals surface area contributed by atoms with E-state index >= 15 is 0 Å². The standard InChI is InChI=1S/C26H39NO10/c1-7-10-23(28)33-18(6)15-32-24(29)20(27)13-19-11-12-21(36-25(30)34-16(4)8-2)22(14-19)37-26(31)35-17(5)9-3/h11-12,14,16-18,20H,7-10,13,15,27H2,1-6H3/t16?,17?,18-,20-/m0/s1. The van der Waals surface area contributed by atoms with Gasteiger partial charge in [0.25, 0.3) is 0 Å². The molecular formula is C26H39NO10. The zero-order chi connectivity index (χ0) is 28.0. The van der Waals surface area contributed by atoms with Crippen LogP contribution in [0, 0.1) is 0 Å². The van der Waals surface area contributed by atoms with Gasteiger partial charge in [-0.1, -0.05) is 26.8 Å². The lowest BCUT2D eigenvalue weighted by molar-refractivity contribution is -0.158. The highest BCUT2D eigenvalue weighted by atomic mass is 16.7. The maximum Gasteiger partial charge on any atom is 0.514 e. The zero-order valence-corrected chi connectivity index (χ0v) is 22.4. The number of carbonyl (C=O) groups is 4. The van der Waals surface area contributed by atoms with Crippen LogP contribution in [-0.2, 0) is 35.0 Å². The Labute approximate surface area is 217 Å². The van der Waals surface area contributed by atoms with Crippen LogP contribution in [0.15, 0.2) is 18.2 Å². The molecule has 1 rings (SSSR count). The third-order valence-electron chi connectivity index (χ3n) is 5.14. The molecule has 208 valence electrons. The minimum atomic E-state index is -1.06. The Morgan fingerprint density at radius 1 is 0.811 bits per heavy atom. The van der Waals surface area contributed by atoms with Crippen LogP contribution in [0.25, 0.3) is 0 Å². The van der Waals surface area contributed by atoms with Crippen LogP contribution in [0.5, 0.6) is 11.5 Å². The second-order valence-electron chi connectivity index (χ2n) is 8.65. The Bertz CT molecular complexity index is 903. The minimum absolute atomic E-state index is 0.0250. The molecule has 0 bridgehead atoms. The normalized spacial score (nSPS) is 13.9. The van der Waals surface area contributed by atoms with E-state index in [1.807, 2.05) is 20.8 Å². The first-order chi connectivity index (χ1) is 17.5. The fourth-order valence-electron chi connectivity index (χ4n) is 2.73. The maximum atomic E-state index is 12.3. The van der Waals surface area contributed by atoms with Crippen molar-refractivity contribution >= 4 is 24.2 Å². The van der Waals surface area contributed by atoms with Crippen molar-refractivity contribution in [2.24, 2.45) is 5.73 Å². The summed E-state index contributed by atoms with van der Waals surface area (Å²) in [6, 6.07) is 3.31. The van der Waals surface area contributed by atoms with E-state index in [2.05, 4.69) is 0 Å². The molecular weight excluding hydrogens is 486 g/mol. The van der Waals surface area contributed by atoms with Crippen LogP contribution in [0.4, 0.5) is 9.59 Å². The number of benzene rings is 1.